The number of fused-ring (bicyclic) bond motifs is 1. The summed E-state index contributed by atoms with van der Waals surface area (Å²) in [6, 6.07) is 4.86. The number of hydrogen-bond acceptors (Lipinski definition) is 3. The van der Waals surface area contributed by atoms with Crippen molar-refractivity contribution in [3.63, 3.8) is 0 Å². The molecule has 0 aliphatic heterocycles. The molecule has 1 aliphatic carbocycles. The minimum atomic E-state index is -0.273. The molecule has 4 heteroatoms. The molecule has 1 aliphatic rings. The molecule has 1 aromatic carbocycles. The molecule has 0 fully saturated rings. The smallest absolute Gasteiger partial charge is 0.228 e. The number of carbonyl (C=O) groups is 2. The first kappa shape index (κ1) is 13.8. The molecule has 0 aromatic heterocycles. The van der Waals surface area contributed by atoms with Gasteiger partial charge in [0.1, 0.15) is 0 Å². The van der Waals surface area contributed by atoms with E-state index in [1.54, 1.807) is 18.2 Å². The van der Waals surface area contributed by atoms with Crippen molar-refractivity contribution in [1.29, 1.82) is 0 Å². The number of rotatable bonds is 5. The number of carbonyl (C=O) groups excluding carboxylic acids is 2. The van der Waals surface area contributed by atoms with Crippen LogP contribution in [0.25, 0.3) is 0 Å². The summed E-state index contributed by atoms with van der Waals surface area (Å²) < 4.78 is 5.41. The van der Waals surface area contributed by atoms with Crippen LogP contribution in [0.5, 0.6) is 0 Å². The highest BCUT2D eigenvalue weighted by Crippen LogP contribution is 2.27. The second-order valence-electron chi connectivity index (χ2n) is 4.42. The van der Waals surface area contributed by atoms with Crippen molar-refractivity contribution in [1.82, 2.24) is 0 Å². The maximum Gasteiger partial charge on any atom is 0.228 e. The fourth-order valence-corrected chi connectivity index (χ4v) is 2.26. The van der Waals surface area contributed by atoms with Gasteiger partial charge in [0.25, 0.3) is 0 Å². The van der Waals surface area contributed by atoms with Gasteiger partial charge < -0.3 is 4.74 Å². The van der Waals surface area contributed by atoms with E-state index in [9.17, 15) is 9.59 Å². The van der Waals surface area contributed by atoms with E-state index >= 15 is 0 Å². The van der Waals surface area contributed by atoms with Crippen LogP contribution in [0.4, 0.5) is 0 Å². The van der Waals surface area contributed by atoms with Crippen LogP contribution in [-0.2, 0) is 4.74 Å². The van der Waals surface area contributed by atoms with Crippen molar-refractivity contribution in [2.75, 3.05) is 6.61 Å². The molecule has 0 amide bonds. The van der Waals surface area contributed by atoms with Gasteiger partial charge in [0.2, 0.25) is 5.78 Å². The third kappa shape index (κ3) is 2.87. The van der Waals surface area contributed by atoms with Crippen LogP contribution in [-0.4, -0.2) is 18.2 Å². The van der Waals surface area contributed by atoms with Gasteiger partial charge in [-0.3, -0.25) is 9.59 Å². The molecular formula is C15H15ClO3. The summed E-state index contributed by atoms with van der Waals surface area (Å²) in [6.45, 7) is 2.54. The minimum absolute atomic E-state index is 0.121. The van der Waals surface area contributed by atoms with Gasteiger partial charge in [-0.1, -0.05) is 43.5 Å². The first-order chi connectivity index (χ1) is 9.15. The Morgan fingerprint density at radius 2 is 2.00 bits per heavy atom. The van der Waals surface area contributed by atoms with E-state index in [0.29, 0.717) is 17.2 Å². The van der Waals surface area contributed by atoms with Gasteiger partial charge in [0.05, 0.1) is 17.2 Å². The zero-order valence-corrected chi connectivity index (χ0v) is 11.5. The lowest BCUT2D eigenvalue weighted by molar-refractivity contribution is 0.0880. The fourth-order valence-electron chi connectivity index (χ4n) is 1.99. The highest BCUT2D eigenvalue weighted by molar-refractivity contribution is 6.37. The zero-order valence-electron chi connectivity index (χ0n) is 10.7. The van der Waals surface area contributed by atoms with Crippen molar-refractivity contribution >= 4 is 23.2 Å². The van der Waals surface area contributed by atoms with Crippen LogP contribution in [0.15, 0.2) is 30.0 Å². The minimum Gasteiger partial charge on any atom is -0.489 e. The number of hydrogen-bond donors (Lipinski definition) is 0. The first-order valence-electron chi connectivity index (χ1n) is 6.37. The third-order valence-corrected chi connectivity index (χ3v) is 3.31. The Balaban J connectivity index is 2.18. The Labute approximate surface area is 117 Å². The third-order valence-electron chi connectivity index (χ3n) is 3.00. The molecule has 19 heavy (non-hydrogen) atoms. The highest BCUT2D eigenvalue weighted by atomic mass is 35.5. The van der Waals surface area contributed by atoms with Gasteiger partial charge in [-0.15, -0.1) is 0 Å². The summed E-state index contributed by atoms with van der Waals surface area (Å²) in [5, 5.41) is 0.303. The Hall–Kier alpha value is -1.61. The topological polar surface area (TPSA) is 43.4 Å². The molecule has 100 valence electrons. The SMILES string of the molecule is CCCCCOC1=CC(=O)c2c(Cl)cccc2C1=O. The van der Waals surface area contributed by atoms with Gasteiger partial charge in [-0.25, -0.2) is 0 Å². The van der Waals surface area contributed by atoms with Gasteiger partial charge in [0.15, 0.2) is 11.5 Å². The van der Waals surface area contributed by atoms with Crippen molar-refractivity contribution in [3.05, 3.63) is 46.2 Å². The average molecular weight is 279 g/mol. The maximum absolute atomic E-state index is 12.2. The number of unbranched alkanes of at least 4 members (excludes halogenated alkanes) is 2. The van der Waals surface area contributed by atoms with E-state index in [2.05, 4.69) is 6.92 Å². The number of allylic oxidation sites excluding steroid dienone is 2. The van der Waals surface area contributed by atoms with Crippen molar-refractivity contribution in [2.45, 2.75) is 26.2 Å². The number of Topliss-reactive ketones (excluding diaryl/α,β-unsaturated/α-hetero) is 1. The van der Waals surface area contributed by atoms with Crippen LogP contribution in [0, 0.1) is 0 Å². The Kier molecular flexibility index (Phi) is 4.38. The van der Waals surface area contributed by atoms with Crippen LogP contribution >= 0.6 is 11.6 Å². The molecule has 0 bridgehead atoms. The lowest BCUT2D eigenvalue weighted by Gasteiger charge is -2.16. The van der Waals surface area contributed by atoms with Crippen molar-refractivity contribution in [2.24, 2.45) is 0 Å². The van der Waals surface area contributed by atoms with Crippen LogP contribution < -0.4 is 0 Å². The summed E-state index contributed by atoms with van der Waals surface area (Å²) in [5.41, 5.74) is 0.598. The number of halogens is 1. The van der Waals surface area contributed by atoms with E-state index in [4.69, 9.17) is 16.3 Å². The van der Waals surface area contributed by atoms with Crippen LogP contribution in [0.1, 0.15) is 46.9 Å². The molecule has 0 saturated carbocycles. The maximum atomic E-state index is 12.2. The zero-order chi connectivity index (χ0) is 13.8. The Morgan fingerprint density at radius 3 is 2.74 bits per heavy atom. The Bertz CT molecular complexity index is 546. The molecular weight excluding hydrogens is 264 g/mol. The van der Waals surface area contributed by atoms with Gasteiger partial charge in [-0.2, -0.15) is 0 Å². The molecule has 0 unspecified atom stereocenters. The fraction of sp³-hybridized carbons (Fsp3) is 0.333. The van der Waals surface area contributed by atoms with E-state index in [1.807, 2.05) is 0 Å². The van der Waals surface area contributed by atoms with E-state index < -0.39 is 0 Å². The summed E-state index contributed by atoms with van der Waals surface area (Å²) >= 11 is 5.95. The van der Waals surface area contributed by atoms with Crippen LogP contribution in [0.2, 0.25) is 5.02 Å². The first-order valence-corrected chi connectivity index (χ1v) is 6.75. The molecule has 0 N–H and O–H groups in total. The van der Waals surface area contributed by atoms with Crippen molar-refractivity contribution in [3.8, 4) is 0 Å². The number of ketones is 2. The van der Waals surface area contributed by atoms with E-state index in [0.717, 1.165) is 19.3 Å². The highest BCUT2D eigenvalue weighted by Gasteiger charge is 2.28. The van der Waals surface area contributed by atoms with Gasteiger partial charge in [0, 0.05) is 11.6 Å². The molecule has 2 rings (SSSR count). The van der Waals surface area contributed by atoms with Crippen LogP contribution in [0.3, 0.4) is 0 Å². The normalized spacial score (nSPS) is 14.1. The molecule has 3 nitrogen and oxygen atoms in total. The molecule has 0 atom stereocenters. The predicted molar refractivity (Wildman–Crippen MR) is 73.7 cm³/mol. The Morgan fingerprint density at radius 1 is 1.21 bits per heavy atom. The summed E-state index contributed by atoms with van der Waals surface area (Å²) in [4.78, 5) is 24.1. The van der Waals surface area contributed by atoms with E-state index in [-0.39, 0.29) is 22.9 Å². The molecule has 0 heterocycles. The lowest BCUT2D eigenvalue weighted by Crippen LogP contribution is -2.19. The lowest BCUT2D eigenvalue weighted by atomic mass is 9.93. The van der Waals surface area contributed by atoms with Gasteiger partial charge >= 0.3 is 0 Å². The standard InChI is InChI=1S/C15H15ClO3/c1-2-3-4-8-19-13-9-12(17)14-10(15(13)18)6-5-7-11(14)16/h5-7,9H,2-4,8H2,1H3. The average Bonchev–Trinajstić information content (AvgIpc) is 2.40. The quantitative estimate of drug-likeness (QED) is 0.769. The summed E-state index contributed by atoms with van der Waals surface area (Å²) in [5.74, 6) is -0.421. The molecule has 0 spiro atoms. The molecule has 0 radical (unpaired) electrons. The largest absolute Gasteiger partial charge is 0.489 e. The predicted octanol–water partition coefficient (Wildman–Crippen LogP) is 3.81. The second kappa shape index (κ2) is 6.02. The second-order valence-corrected chi connectivity index (χ2v) is 4.83. The monoisotopic (exact) mass is 278 g/mol. The summed E-state index contributed by atoms with van der Waals surface area (Å²) in [7, 11) is 0. The van der Waals surface area contributed by atoms with Crippen molar-refractivity contribution < 1.29 is 14.3 Å². The molecule has 0 saturated heterocycles. The number of ether oxygens (including phenoxy) is 1. The molecule has 1 aromatic rings. The summed E-state index contributed by atoms with van der Waals surface area (Å²) in [6.07, 6.45) is 4.23. The number of benzene rings is 1. The van der Waals surface area contributed by atoms with Gasteiger partial charge in [-0.05, 0) is 12.5 Å². The van der Waals surface area contributed by atoms with E-state index in [1.165, 1.54) is 6.08 Å².